The maximum atomic E-state index is 12.3. The van der Waals surface area contributed by atoms with Gasteiger partial charge in [-0.15, -0.1) is 0 Å². The van der Waals surface area contributed by atoms with E-state index in [9.17, 15) is 14.7 Å². The molecular formula is C81H128O5. The van der Waals surface area contributed by atoms with Gasteiger partial charge in [0.1, 0.15) is 6.61 Å². The van der Waals surface area contributed by atoms with E-state index in [4.69, 9.17) is 9.47 Å². The summed E-state index contributed by atoms with van der Waals surface area (Å²) in [5.41, 5.74) is 0. The molecule has 0 saturated carbocycles. The van der Waals surface area contributed by atoms with Crippen molar-refractivity contribution in [3.05, 3.63) is 194 Å². The van der Waals surface area contributed by atoms with Gasteiger partial charge >= 0.3 is 11.9 Å². The molecule has 0 rings (SSSR count). The lowest BCUT2D eigenvalue weighted by molar-refractivity contribution is -0.161. The van der Waals surface area contributed by atoms with Gasteiger partial charge in [0.25, 0.3) is 0 Å². The molecule has 0 bridgehead atoms. The van der Waals surface area contributed by atoms with Crippen LogP contribution >= 0.6 is 0 Å². The second kappa shape index (κ2) is 74.0. The zero-order chi connectivity index (χ0) is 61.9. The molecule has 86 heavy (non-hydrogen) atoms. The lowest BCUT2D eigenvalue weighted by Crippen LogP contribution is -2.28. The molecule has 5 heteroatoms. The molecule has 0 saturated heterocycles. The van der Waals surface area contributed by atoms with E-state index in [2.05, 4.69) is 208 Å². The van der Waals surface area contributed by atoms with Crippen molar-refractivity contribution in [2.24, 2.45) is 0 Å². The van der Waals surface area contributed by atoms with Crippen LogP contribution in [-0.4, -0.2) is 36.4 Å². The number of unbranched alkanes of at least 4 members (excludes halogenated alkanes) is 22. The molecule has 0 fully saturated rings. The van der Waals surface area contributed by atoms with Crippen molar-refractivity contribution >= 4 is 11.9 Å². The molecule has 0 aliphatic rings. The highest BCUT2D eigenvalue weighted by Crippen LogP contribution is 2.16. The van der Waals surface area contributed by atoms with Crippen LogP contribution in [0, 0.1) is 0 Å². The summed E-state index contributed by atoms with van der Waals surface area (Å²) in [7, 11) is 0. The summed E-state index contributed by atoms with van der Waals surface area (Å²) in [6, 6.07) is 0. The second-order valence-corrected chi connectivity index (χ2v) is 22.5. The van der Waals surface area contributed by atoms with Crippen molar-refractivity contribution < 1.29 is 24.2 Å². The molecule has 0 radical (unpaired) electrons. The van der Waals surface area contributed by atoms with Gasteiger partial charge in [-0.05, 0) is 141 Å². The Morgan fingerprint density at radius 1 is 0.267 bits per heavy atom. The topological polar surface area (TPSA) is 72.8 Å². The summed E-state index contributed by atoms with van der Waals surface area (Å²) in [4.78, 5) is 24.6. The van der Waals surface area contributed by atoms with E-state index in [1.54, 1.807) is 0 Å². The maximum absolute atomic E-state index is 12.3. The molecule has 0 aromatic carbocycles. The van der Waals surface area contributed by atoms with Crippen LogP contribution in [-0.2, 0) is 19.1 Å². The predicted octanol–water partition coefficient (Wildman–Crippen LogP) is 24.8. The molecular weight excluding hydrogens is 1050 g/mol. The number of esters is 2. The summed E-state index contributed by atoms with van der Waals surface area (Å²) in [6.07, 6.45) is 117. The quantitative estimate of drug-likeness (QED) is 0.0373. The number of aliphatic hydroxyl groups is 1. The Kier molecular flexibility index (Phi) is 69.5. The highest BCUT2D eigenvalue weighted by atomic mass is 16.6. The van der Waals surface area contributed by atoms with Crippen molar-refractivity contribution in [3.63, 3.8) is 0 Å². The first kappa shape index (κ1) is 80.7. The SMILES string of the molecule is CC/C=C\C/C=C\C/C=C\C/C=C\C/C=C\C/C=C\C/C=C\C/C=C\C/C=C\CCCCCC(=O)OC(CO)COC(=O)CCCCCCCCCCCCCCCCCCCCC/C=C\C/C=C\C/C=C\C/C=C\C/C=C\C/C=C\C/C=C\CC. The highest BCUT2D eigenvalue weighted by Gasteiger charge is 2.16. The van der Waals surface area contributed by atoms with Crippen LogP contribution in [0.4, 0.5) is 0 Å². The first-order valence-corrected chi connectivity index (χ1v) is 35.0. The first-order valence-electron chi connectivity index (χ1n) is 35.0. The Hall–Kier alpha value is -5.26. The Labute approximate surface area is 530 Å². The number of carbonyl (C=O) groups is 2. The number of ether oxygens (including phenoxy) is 2. The lowest BCUT2D eigenvalue weighted by Gasteiger charge is -2.15. The monoisotopic (exact) mass is 1180 g/mol. The minimum absolute atomic E-state index is 0.0891. The largest absolute Gasteiger partial charge is 0.462 e. The minimum Gasteiger partial charge on any atom is -0.462 e. The fourth-order valence-corrected chi connectivity index (χ4v) is 9.24. The normalized spacial score (nSPS) is 13.5. The van der Waals surface area contributed by atoms with Crippen LogP contribution in [0.1, 0.15) is 284 Å². The molecule has 0 aromatic heterocycles. The van der Waals surface area contributed by atoms with Gasteiger partial charge in [-0.2, -0.15) is 0 Å². The number of hydrogen-bond donors (Lipinski definition) is 1. The molecule has 0 aliphatic heterocycles. The Bertz CT molecular complexity index is 1970. The third-order valence-corrected chi connectivity index (χ3v) is 14.4. The third kappa shape index (κ3) is 71.2. The van der Waals surface area contributed by atoms with Crippen LogP contribution in [0.2, 0.25) is 0 Å². The minimum atomic E-state index is -0.804. The summed E-state index contributed by atoms with van der Waals surface area (Å²) in [6.45, 7) is 3.89. The average Bonchev–Trinajstić information content (AvgIpc) is 3.55. The van der Waals surface area contributed by atoms with E-state index in [0.717, 1.165) is 148 Å². The van der Waals surface area contributed by atoms with Gasteiger partial charge in [-0.25, -0.2) is 0 Å². The summed E-state index contributed by atoms with van der Waals surface area (Å²) in [5, 5.41) is 9.70. The van der Waals surface area contributed by atoms with E-state index < -0.39 is 6.10 Å². The number of rotatable bonds is 62. The van der Waals surface area contributed by atoms with Gasteiger partial charge in [0.2, 0.25) is 0 Å². The van der Waals surface area contributed by atoms with Crippen molar-refractivity contribution in [1.29, 1.82) is 0 Å². The van der Waals surface area contributed by atoms with E-state index >= 15 is 0 Å². The summed E-state index contributed by atoms with van der Waals surface area (Å²) >= 11 is 0. The molecule has 1 atom stereocenters. The zero-order valence-electron chi connectivity index (χ0n) is 55.2. The van der Waals surface area contributed by atoms with Gasteiger partial charge in [0.05, 0.1) is 6.61 Å². The molecule has 1 N–H and O–H groups in total. The molecule has 0 heterocycles. The zero-order valence-corrected chi connectivity index (χ0v) is 55.2. The fourth-order valence-electron chi connectivity index (χ4n) is 9.24. The number of allylic oxidation sites excluding steroid dienone is 32. The third-order valence-electron chi connectivity index (χ3n) is 14.4. The van der Waals surface area contributed by atoms with Crippen LogP contribution in [0.5, 0.6) is 0 Å². The summed E-state index contributed by atoms with van der Waals surface area (Å²) < 4.78 is 10.7. The lowest BCUT2D eigenvalue weighted by atomic mass is 10.0. The van der Waals surface area contributed by atoms with E-state index in [-0.39, 0.29) is 25.2 Å². The summed E-state index contributed by atoms with van der Waals surface area (Å²) in [5.74, 6) is -0.634. The van der Waals surface area contributed by atoms with E-state index in [1.807, 2.05) is 0 Å². The Balaban J connectivity index is 3.57. The van der Waals surface area contributed by atoms with Gasteiger partial charge in [-0.3, -0.25) is 9.59 Å². The average molecular weight is 1180 g/mol. The number of aliphatic hydroxyl groups excluding tert-OH is 1. The smallest absolute Gasteiger partial charge is 0.306 e. The van der Waals surface area contributed by atoms with Gasteiger partial charge in [-0.1, -0.05) is 324 Å². The van der Waals surface area contributed by atoms with E-state index in [0.29, 0.717) is 12.8 Å². The van der Waals surface area contributed by atoms with Crippen LogP contribution < -0.4 is 0 Å². The number of hydrogen-bond acceptors (Lipinski definition) is 5. The molecule has 5 nitrogen and oxygen atoms in total. The highest BCUT2D eigenvalue weighted by molar-refractivity contribution is 5.70. The second-order valence-electron chi connectivity index (χ2n) is 22.5. The fraction of sp³-hybridized carbons (Fsp3) is 0.580. The van der Waals surface area contributed by atoms with Gasteiger partial charge < -0.3 is 14.6 Å². The van der Waals surface area contributed by atoms with Crippen LogP contribution in [0.3, 0.4) is 0 Å². The van der Waals surface area contributed by atoms with Gasteiger partial charge in [0.15, 0.2) is 6.10 Å². The van der Waals surface area contributed by atoms with Crippen molar-refractivity contribution in [2.75, 3.05) is 13.2 Å². The van der Waals surface area contributed by atoms with Crippen molar-refractivity contribution in [3.8, 4) is 0 Å². The predicted molar refractivity (Wildman–Crippen MR) is 379 cm³/mol. The van der Waals surface area contributed by atoms with Crippen LogP contribution in [0.25, 0.3) is 0 Å². The molecule has 0 amide bonds. The Morgan fingerprint density at radius 2 is 0.465 bits per heavy atom. The van der Waals surface area contributed by atoms with Crippen LogP contribution in [0.15, 0.2) is 194 Å². The standard InChI is InChI=1S/C81H128O5/c1-3-5-7-9-11-13-15-17-19-21-23-25-27-29-31-33-35-36-37-38-39-40-41-42-43-44-46-47-49-51-53-55-57-59-61-63-65-67-69-71-73-75-80(83)85-78-79(77-82)86-81(84)76-74-72-70-68-66-64-62-60-58-56-54-52-50-48-45-34-32-30-28-26-24-22-20-18-16-14-12-10-8-6-4-2/h5-8,11-14,17-20,23-26,29-32,35-36,38-39,45,48,52,54,58,60,64,66,79,82H,3-4,9-10,15-16,21-22,27-28,33-34,37,40-44,46-47,49-51,53,55-57,59,61-63,65,67-78H2,1-2H3/b7-5-,8-6-,13-11-,14-12-,19-17-,20-18-,25-23-,26-24-,31-29-,32-30-,36-35-,39-38-,48-45-,54-52-,60-58-,66-64-. The molecule has 0 spiro atoms. The number of carbonyl (C=O) groups excluding carboxylic acids is 2. The van der Waals surface area contributed by atoms with E-state index in [1.165, 1.54) is 109 Å². The molecule has 0 aromatic rings. The molecule has 0 aliphatic carbocycles. The Morgan fingerprint density at radius 3 is 0.709 bits per heavy atom. The maximum Gasteiger partial charge on any atom is 0.306 e. The van der Waals surface area contributed by atoms with Crippen molar-refractivity contribution in [1.82, 2.24) is 0 Å². The first-order chi connectivity index (χ1) is 42.6. The van der Waals surface area contributed by atoms with Crippen molar-refractivity contribution in [2.45, 2.75) is 290 Å². The molecule has 482 valence electrons. The molecule has 1 unspecified atom stereocenters. The van der Waals surface area contributed by atoms with Gasteiger partial charge in [0, 0.05) is 12.8 Å².